The van der Waals surface area contributed by atoms with E-state index in [0.29, 0.717) is 0 Å². The summed E-state index contributed by atoms with van der Waals surface area (Å²) < 4.78 is 0. The molecular formula is C8H16ClN. The molecule has 60 valence electrons. The largest absolute Gasteiger partial charge is 0.315 e. The number of hydrogen-bond acceptors (Lipinski definition) is 1. The molecule has 1 aliphatic heterocycles. The summed E-state index contributed by atoms with van der Waals surface area (Å²) in [6.07, 6.45) is 3.59. The van der Waals surface area contributed by atoms with Gasteiger partial charge in [0.05, 0.1) is 0 Å². The summed E-state index contributed by atoms with van der Waals surface area (Å²) >= 11 is 0. The van der Waals surface area contributed by atoms with Gasteiger partial charge in [0.25, 0.3) is 0 Å². The number of hydrogen-bond donors (Lipinski definition) is 1. The molecule has 1 fully saturated rings. The Kier molecular flexibility index (Phi) is 4.75. The van der Waals surface area contributed by atoms with Crippen molar-refractivity contribution in [2.75, 3.05) is 13.1 Å². The van der Waals surface area contributed by atoms with Crippen LogP contribution in [-0.4, -0.2) is 13.1 Å². The molecule has 0 bridgehead atoms. The zero-order chi connectivity index (χ0) is 6.69. The van der Waals surface area contributed by atoms with Crippen LogP contribution in [-0.2, 0) is 0 Å². The highest BCUT2D eigenvalue weighted by Crippen LogP contribution is 2.09. The molecule has 0 aromatic rings. The Hall–Kier alpha value is -0.0100. The van der Waals surface area contributed by atoms with Crippen LogP contribution in [0.1, 0.15) is 20.3 Å². The lowest BCUT2D eigenvalue weighted by Crippen LogP contribution is -2.40. The summed E-state index contributed by atoms with van der Waals surface area (Å²) in [4.78, 5) is 0. The quantitative estimate of drug-likeness (QED) is 0.611. The van der Waals surface area contributed by atoms with Gasteiger partial charge < -0.3 is 5.32 Å². The maximum absolute atomic E-state index is 3.25. The van der Waals surface area contributed by atoms with Crippen molar-refractivity contribution in [3.63, 3.8) is 0 Å². The molecule has 0 aromatic heterocycles. The molecule has 1 rings (SSSR count). The molecule has 0 atom stereocenters. The zero-order valence-corrected chi connectivity index (χ0v) is 7.50. The normalized spacial score (nSPS) is 19.6. The average molecular weight is 162 g/mol. The highest BCUT2D eigenvalue weighted by molar-refractivity contribution is 5.85. The van der Waals surface area contributed by atoms with Gasteiger partial charge in [-0.2, -0.15) is 0 Å². The van der Waals surface area contributed by atoms with E-state index in [1.165, 1.54) is 25.1 Å². The number of rotatable bonds is 2. The molecule has 0 amide bonds. The fourth-order valence-electron chi connectivity index (χ4n) is 0.949. The van der Waals surface area contributed by atoms with Crippen LogP contribution in [0, 0.1) is 5.92 Å². The molecule has 1 N–H and O–H groups in total. The van der Waals surface area contributed by atoms with Crippen LogP contribution in [0.25, 0.3) is 0 Å². The molecule has 1 heterocycles. The maximum Gasteiger partial charge on any atom is 0.00267 e. The summed E-state index contributed by atoms with van der Waals surface area (Å²) in [5, 5.41) is 3.25. The topological polar surface area (TPSA) is 12.0 Å². The van der Waals surface area contributed by atoms with Crippen LogP contribution in [0.15, 0.2) is 11.6 Å². The van der Waals surface area contributed by atoms with Gasteiger partial charge in [-0.25, -0.2) is 0 Å². The molecule has 10 heavy (non-hydrogen) atoms. The highest BCUT2D eigenvalue weighted by atomic mass is 35.5. The van der Waals surface area contributed by atoms with Crippen molar-refractivity contribution in [3.05, 3.63) is 11.6 Å². The first-order valence-corrected chi connectivity index (χ1v) is 3.71. The first kappa shape index (κ1) is 9.99. The standard InChI is InChI=1S/C8H15N.ClH/c1-3-7(2)4-8-5-9-6-8;/h4,8-9H,3,5-6H2,1-2H3;1H/b7-4+;. The van der Waals surface area contributed by atoms with Gasteiger partial charge in [0, 0.05) is 19.0 Å². The molecule has 0 aliphatic carbocycles. The molecule has 0 spiro atoms. The molecule has 1 nitrogen and oxygen atoms in total. The first-order valence-electron chi connectivity index (χ1n) is 3.71. The molecule has 0 radical (unpaired) electrons. The zero-order valence-electron chi connectivity index (χ0n) is 6.68. The molecule has 2 heteroatoms. The SMILES string of the molecule is CC/C(C)=C/C1CNC1.Cl. The van der Waals surface area contributed by atoms with E-state index in [1.54, 1.807) is 0 Å². The fourth-order valence-corrected chi connectivity index (χ4v) is 0.949. The van der Waals surface area contributed by atoms with Gasteiger partial charge in [-0.3, -0.25) is 0 Å². The monoisotopic (exact) mass is 161 g/mol. The molecular weight excluding hydrogens is 146 g/mol. The summed E-state index contributed by atoms with van der Waals surface area (Å²) in [6.45, 7) is 6.80. The Bertz CT molecular complexity index is 116. The van der Waals surface area contributed by atoms with Crippen molar-refractivity contribution in [1.29, 1.82) is 0 Å². The van der Waals surface area contributed by atoms with Gasteiger partial charge in [-0.05, 0) is 13.3 Å². The molecule has 1 aliphatic rings. The van der Waals surface area contributed by atoms with E-state index in [0.717, 1.165) is 5.92 Å². The van der Waals surface area contributed by atoms with Crippen molar-refractivity contribution in [2.24, 2.45) is 5.92 Å². The minimum absolute atomic E-state index is 0. The number of allylic oxidation sites excluding steroid dienone is 1. The third-order valence-corrected chi connectivity index (χ3v) is 1.89. The molecule has 0 saturated carbocycles. The van der Waals surface area contributed by atoms with E-state index < -0.39 is 0 Å². The third-order valence-electron chi connectivity index (χ3n) is 1.89. The summed E-state index contributed by atoms with van der Waals surface area (Å²) in [7, 11) is 0. The van der Waals surface area contributed by atoms with E-state index in [2.05, 4.69) is 25.2 Å². The van der Waals surface area contributed by atoms with Crippen LogP contribution < -0.4 is 5.32 Å². The predicted octanol–water partition coefficient (Wildman–Crippen LogP) is 1.98. The lowest BCUT2D eigenvalue weighted by Gasteiger charge is -2.24. The van der Waals surface area contributed by atoms with Crippen LogP contribution in [0.3, 0.4) is 0 Å². The van der Waals surface area contributed by atoms with Gasteiger partial charge in [0.2, 0.25) is 0 Å². The molecule has 1 saturated heterocycles. The fraction of sp³-hybridized carbons (Fsp3) is 0.750. The molecule has 0 aromatic carbocycles. The second-order valence-electron chi connectivity index (χ2n) is 2.78. The van der Waals surface area contributed by atoms with Crippen molar-refractivity contribution in [1.82, 2.24) is 5.32 Å². The predicted molar refractivity (Wildman–Crippen MR) is 47.7 cm³/mol. The third kappa shape index (κ3) is 2.72. The van der Waals surface area contributed by atoms with E-state index >= 15 is 0 Å². The van der Waals surface area contributed by atoms with E-state index in [-0.39, 0.29) is 12.4 Å². The minimum atomic E-state index is 0. The van der Waals surface area contributed by atoms with Gasteiger partial charge in [0.15, 0.2) is 0 Å². The first-order chi connectivity index (χ1) is 4.33. The second kappa shape index (κ2) is 4.75. The van der Waals surface area contributed by atoms with Crippen molar-refractivity contribution < 1.29 is 0 Å². The van der Waals surface area contributed by atoms with E-state index in [4.69, 9.17) is 0 Å². The average Bonchev–Trinajstić information content (AvgIpc) is 1.78. The Labute approximate surface area is 69.3 Å². The number of nitrogens with one attached hydrogen (secondary N) is 1. The Morgan fingerprint density at radius 3 is 2.50 bits per heavy atom. The Morgan fingerprint density at radius 2 is 2.20 bits per heavy atom. The van der Waals surface area contributed by atoms with Crippen LogP contribution in [0.4, 0.5) is 0 Å². The number of halogens is 1. The lowest BCUT2D eigenvalue weighted by molar-refractivity contribution is 0.416. The van der Waals surface area contributed by atoms with Crippen LogP contribution >= 0.6 is 12.4 Å². The van der Waals surface area contributed by atoms with Crippen molar-refractivity contribution in [3.8, 4) is 0 Å². The van der Waals surface area contributed by atoms with E-state index in [9.17, 15) is 0 Å². The summed E-state index contributed by atoms with van der Waals surface area (Å²) in [6, 6.07) is 0. The van der Waals surface area contributed by atoms with Gasteiger partial charge in [0.1, 0.15) is 0 Å². The Morgan fingerprint density at radius 1 is 1.60 bits per heavy atom. The van der Waals surface area contributed by atoms with Crippen molar-refractivity contribution >= 4 is 12.4 Å². The summed E-state index contributed by atoms with van der Waals surface area (Å²) in [5.74, 6) is 0.838. The molecule has 0 unspecified atom stereocenters. The van der Waals surface area contributed by atoms with Gasteiger partial charge in [-0.15, -0.1) is 12.4 Å². The maximum atomic E-state index is 3.25. The minimum Gasteiger partial charge on any atom is -0.315 e. The van der Waals surface area contributed by atoms with Crippen molar-refractivity contribution in [2.45, 2.75) is 20.3 Å². The second-order valence-corrected chi connectivity index (χ2v) is 2.78. The smallest absolute Gasteiger partial charge is 0.00267 e. The van der Waals surface area contributed by atoms with Gasteiger partial charge in [-0.1, -0.05) is 18.6 Å². The lowest BCUT2D eigenvalue weighted by atomic mass is 10.00. The van der Waals surface area contributed by atoms with Gasteiger partial charge >= 0.3 is 0 Å². The van der Waals surface area contributed by atoms with Crippen LogP contribution in [0.2, 0.25) is 0 Å². The van der Waals surface area contributed by atoms with E-state index in [1.807, 2.05) is 0 Å². The summed E-state index contributed by atoms with van der Waals surface area (Å²) in [5.41, 5.74) is 1.53. The highest BCUT2D eigenvalue weighted by Gasteiger charge is 2.12. The van der Waals surface area contributed by atoms with Crippen LogP contribution in [0.5, 0.6) is 0 Å². The Balaban J connectivity index is 0.000000810.